The lowest BCUT2D eigenvalue weighted by Crippen LogP contribution is -1.82. The number of para-hydroxylation sites is 1. The van der Waals surface area contributed by atoms with Crippen molar-refractivity contribution in [1.29, 1.82) is 0 Å². The van der Waals surface area contributed by atoms with Crippen LogP contribution in [0.4, 0.5) is 0 Å². The van der Waals surface area contributed by atoms with Gasteiger partial charge >= 0.3 is 0 Å². The van der Waals surface area contributed by atoms with Crippen molar-refractivity contribution >= 4 is 10.9 Å². The molecule has 1 N–H and O–H groups in total. The van der Waals surface area contributed by atoms with Crippen LogP contribution in [0.15, 0.2) is 30.5 Å². The normalized spacial score (nSPS) is 9.77. The molecule has 0 aliphatic rings. The molecule has 0 radical (unpaired) electrons. The molecule has 0 saturated heterocycles. The highest BCUT2D eigenvalue weighted by atomic mass is 16.3. The highest BCUT2D eigenvalue weighted by Gasteiger charge is 1.99. The molecule has 1 aromatic carbocycles. The van der Waals surface area contributed by atoms with Crippen LogP contribution in [-0.2, 0) is 0 Å². The summed E-state index contributed by atoms with van der Waals surface area (Å²) in [6.45, 7) is 0. The summed E-state index contributed by atoms with van der Waals surface area (Å²) in [5, 5.41) is 10.0. The summed E-state index contributed by atoms with van der Waals surface area (Å²) in [5.74, 6) is 2.70. The first-order valence-electron chi connectivity index (χ1n) is 3.85. The van der Waals surface area contributed by atoms with E-state index in [1.54, 1.807) is 6.07 Å². The molecule has 1 heterocycles. The Labute approximate surface area is 75.9 Å². The summed E-state index contributed by atoms with van der Waals surface area (Å²) in [4.78, 5) is 4.06. The van der Waals surface area contributed by atoms with Crippen LogP contribution < -0.4 is 0 Å². The van der Waals surface area contributed by atoms with Gasteiger partial charge in [-0.1, -0.05) is 18.1 Å². The Kier molecular flexibility index (Phi) is 1.64. The molecule has 0 bridgehead atoms. The monoisotopic (exact) mass is 169 g/mol. The smallest absolute Gasteiger partial charge is 0.134 e. The molecule has 2 aromatic rings. The molecule has 0 fully saturated rings. The van der Waals surface area contributed by atoms with Crippen LogP contribution in [0.25, 0.3) is 10.9 Å². The minimum Gasteiger partial charge on any atom is -0.506 e. The highest BCUT2D eigenvalue weighted by molar-refractivity contribution is 5.85. The Bertz CT molecular complexity index is 497. The Morgan fingerprint density at radius 2 is 2.23 bits per heavy atom. The average molecular weight is 169 g/mol. The third-order valence-corrected chi connectivity index (χ3v) is 1.85. The molecule has 0 spiro atoms. The van der Waals surface area contributed by atoms with Crippen LogP contribution in [0.1, 0.15) is 5.56 Å². The van der Waals surface area contributed by atoms with E-state index in [1.165, 1.54) is 6.20 Å². The van der Waals surface area contributed by atoms with Gasteiger partial charge < -0.3 is 5.11 Å². The van der Waals surface area contributed by atoms with E-state index < -0.39 is 0 Å². The van der Waals surface area contributed by atoms with Gasteiger partial charge in [-0.2, -0.15) is 0 Å². The van der Waals surface area contributed by atoms with E-state index in [0.29, 0.717) is 0 Å². The number of hydrogen-bond donors (Lipinski definition) is 1. The first kappa shape index (κ1) is 7.63. The number of rotatable bonds is 0. The molecule has 2 rings (SSSR count). The summed E-state index contributed by atoms with van der Waals surface area (Å²) in [5.41, 5.74) is 1.50. The molecule has 0 aliphatic carbocycles. The van der Waals surface area contributed by atoms with E-state index in [4.69, 9.17) is 6.42 Å². The molecular formula is C11H7NO. The molecule has 0 unspecified atom stereocenters. The number of nitrogens with zero attached hydrogens (tertiary/aromatic N) is 1. The second-order valence-electron chi connectivity index (χ2n) is 2.72. The molecule has 2 heteroatoms. The number of aromatic nitrogens is 1. The lowest BCUT2D eigenvalue weighted by atomic mass is 10.1. The molecule has 0 amide bonds. The van der Waals surface area contributed by atoms with Crippen molar-refractivity contribution in [2.24, 2.45) is 0 Å². The van der Waals surface area contributed by atoms with Crippen molar-refractivity contribution in [2.75, 3.05) is 0 Å². The molecule has 0 saturated carbocycles. The Balaban J connectivity index is 2.87. The van der Waals surface area contributed by atoms with Crippen LogP contribution in [-0.4, -0.2) is 10.1 Å². The van der Waals surface area contributed by atoms with Gasteiger partial charge in [-0.05, 0) is 12.1 Å². The summed E-state index contributed by atoms with van der Waals surface area (Å²) >= 11 is 0. The van der Waals surface area contributed by atoms with Crippen molar-refractivity contribution in [3.8, 4) is 18.1 Å². The largest absolute Gasteiger partial charge is 0.506 e. The van der Waals surface area contributed by atoms with Gasteiger partial charge in [0.05, 0.1) is 17.3 Å². The van der Waals surface area contributed by atoms with Crippen molar-refractivity contribution in [1.82, 2.24) is 4.98 Å². The van der Waals surface area contributed by atoms with E-state index in [2.05, 4.69) is 10.9 Å². The fraction of sp³-hybridized carbons (Fsp3) is 0. The Morgan fingerprint density at radius 3 is 3.00 bits per heavy atom. The Morgan fingerprint density at radius 1 is 1.38 bits per heavy atom. The van der Waals surface area contributed by atoms with Gasteiger partial charge in [-0.3, -0.25) is 4.98 Å². The maximum atomic E-state index is 9.18. The van der Waals surface area contributed by atoms with E-state index in [9.17, 15) is 5.11 Å². The number of pyridine rings is 1. The zero-order valence-electron chi connectivity index (χ0n) is 6.86. The third-order valence-electron chi connectivity index (χ3n) is 1.85. The number of terminal acetylenes is 1. The van der Waals surface area contributed by atoms with Crippen LogP contribution in [0, 0.1) is 12.3 Å². The van der Waals surface area contributed by atoms with Gasteiger partial charge in [0.1, 0.15) is 5.75 Å². The number of hydrogen-bond acceptors (Lipinski definition) is 2. The second-order valence-corrected chi connectivity index (χ2v) is 2.72. The average Bonchev–Trinajstić information content (AvgIpc) is 2.16. The van der Waals surface area contributed by atoms with E-state index >= 15 is 0 Å². The van der Waals surface area contributed by atoms with Gasteiger partial charge in [0.25, 0.3) is 0 Å². The first-order chi connectivity index (χ1) is 6.31. The van der Waals surface area contributed by atoms with Crippen molar-refractivity contribution < 1.29 is 5.11 Å². The summed E-state index contributed by atoms with van der Waals surface area (Å²) < 4.78 is 0. The molecule has 13 heavy (non-hydrogen) atoms. The fourth-order valence-electron chi connectivity index (χ4n) is 1.27. The SMILES string of the molecule is C#Cc1cccc2cc(O)cnc12. The topological polar surface area (TPSA) is 33.1 Å². The van der Waals surface area contributed by atoms with Crippen molar-refractivity contribution in [3.05, 3.63) is 36.0 Å². The first-order valence-corrected chi connectivity index (χ1v) is 3.85. The minimum atomic E-state index is 0.154. The highest BCUT2D eigenvalue weighted by Crippen LogP contribution is 2.19. The van der Waals surface area contributed by atoms with Crippen LogP contribution in [0.5, 0.6) is 5.75 Å². The molecule has 2 nitrogen and oxygen atoms in total. The van der Waals surface area contributed by atoms with Gasteiger partial charge in [-0.25, -0.2) is 0 Å². The predicted octanol–water partition coefficient (Wildman–Crippen LogP) is 1.92. The number of benzene rings is 1. The van der Waals surface area contributed by atoms with E-state index in [1.807, 2.05) is 18.2 Å². The molecular weight excluding hydrogens is 162 g/mol. The minimum absolute atomic E-state index is 0.154. The van der Waals surface area contributed by atoms with Gasteiger partial charge in [0.15, 0.2) is 0 Å². The molecule has 62 valence electrons. The van der Waals surface area contributed by atoms with Gasteiger partial charge in [0.2, 0.25) is 0 Å². The number of aromatic hydroxyl groups is 1. The standard InChI is InChI=1S/C11H7NO/c1-2-8-4-3-5-9-6-10(13)7-12-11(8)9/h1,3-7,13H. The summed E-state index contributed by atoms with van der Waals surface area (Å²) in [6.07, 6.45) is 6.69. The Hall–Kier alpha value is -2.01. The van der Waals surface area contributed by atoms with Crippen LogP contribution >= 0.6 is 0 Å². The molecule has 0 aliphatic heterocycles. The van der Waals surface area contributed by atoms with E-state index in [-0.39, 0.29) is 5.75 Å². The predicted molar refractivity (Wildman–Crippen MR) is 51.3 cm³/mol. The van der Waals surface area contributed by atoms with Crippen LogP contribution in [0.3, 0.4) is 0 Å². The van der Waals surface area contributed by atoms with Gasteiger partial charge in [-0.15, -0.1) is 6.42 Å². The lowest BCUT2D eigenvalue weighted by molar-refractivity contribution is 0.474. The molecule has 1 aromatic heterocycles. The molecule has 0 atom stereocenters. The van der Waals surface area contributed by atoms with Crippen molar-refractivity contribution in [2.45, 2.75) is 0 Å². The number of fused-ring (bicyclic) bond motifs is 1. The summed E-state index contributed by atoms with van der Waals surface area (Å²) in [7, 11) is 0. The van der Waals surface area contributed by atoms with E-state index in [0.717, 1.165) is 16.5 Å². The zero-order valence-corrected chi connectivity index (χ0v) is 6.86. The fourth-order valence-corrected chi connectivity index (χ4v) is 1.27. The lowest BCUT2D eigenvalue weighted by Gasteiger charge is -1.99. The van der Waals surface area contributed by atoms with Crippen molar-refractivity contribution in [3.63, 3.8) is 0 Å². The summed E-state index contributed by atoms with van der Waals surface area (Å²) in [6, 6.07) is 7.18. The van der Waals surface area contributed by atoms with Crippen LogP contribution in [0.2, 0.25) is 0 Å². The maximum Gasteiger partial charge on any atom is 0.134 e. The zero-order chi connectivity index (χ0) is 9.26. The van der Waals surface area contributed by atoms with Gasteiger partial charge in [0, 0.05) is 5.39 Å². The second kappa shape index (κ2) is 2.80. The third kappa shape index (κ3) is 1.21. The maximum absolute atomic E-state index is 9.18. The quantitative estimate of drug-likeness (QED) is 0.611.